The smallest absolute Gasteiger partial charge is 0.307 e. The monoisotopic (exact) mass is 282 g/mol. The highest BCUT2D eigenvalue weighted by molar-refractivity contribution is 6.07. The van der Waals surface area contributed by atoms with E-state index in [4.69, 9.17) is 0 Å². The molecule has 2 aliphatic heterocycles. The first-order valence-corrected chi connectivity index (χ1v) is 6.32. The molecule has 0 atom stereocenters. The van der Waals surface area contributed by atoms with Crippen molar-refractivity contribution in [3.8, 4) is 22.9 Å². The largest absolute Gasteiger partial charge is 0.508 e. The van der Waals surface area contributed by atoms with Crippen LogP contribution in [0.5, 0.6) is 11.5 Å². The molecule has 104 valence electrons. The molecule has 0 amide bonds. The number of rotatable bonds is 0. The molecule has 6 nitrogen and oxygen atoms in total. The minimum Gasteiger partial charge on any atom is -0.508 e. The zero-order chi connectivity index (χ0) is 14.9. The van der Waals surface area contributed by atoms with Gasteiger partial charge in [-0.1, -0.05) is 0 Å². The third-order valence-electron chi connectivity index (χ3n) is 3.87. The van der Waals surface area contributed by atoms with Crippen LogP contribution in [0.15, 0.2) is 40.1 Å². The summed E-state index contributed by atoms with van der Waals surface area (Å²) in [6.07, 6.45) is 1.70. The van der Waals surface area contributed by atoms with Crippen LogP contribution >= 0.6 is 0 Å². The molecule has 0 aliphatic carbocycles. The summed E-state index contributed by atoms with van der Waals surface area (Å²) in [6.45, 7) is 0. The highest BCUT2D eigenvalue weighted by atomic mass is 16.3. The first-order valence-electron chi connectivity index (χ1n) is 6.32. The number of phenols is 1. The molecule has 3 heterocycles. The lowest BCUT2D eigenvalue weighted by Crippen LogP contribution is -2.32. The third kappa shape index (κ3) is 1.26. The Bertz CT molecular complexity index is 1110. The van der Waals surface area contributed by atoms with E-state index in [-0.39, 0.29) is 5.75 Å². The minimum atomic E-state index is -0.934. The van der Waals surface area contributed by atoms with E-state index < -0.39 is 16.7 Å². The van der Waals surface area contributed by atoms with Crippen LogP contribution in [0.25, 0.3) is 27.7 Å². The minimum absolute atomic E-state index is 0.0718. The Kier molecular flexibility index (Phi) is 1.99. The van der Waals surface area contributed by atoms with Gasteiger partial charge in [0.2, 0.25) is 0 Å². The Morgan fingerprint density at radius 2 is 1.76 bits per heavy atom. The Balaban J connectivity index is 2.49. The average Bonchev–Trinajstić information content (AvgIpc) is 2.77. The van der Waals surface area contributed by atoms with E-state index in [1.165, 1.54) is 16.5 Å². The maximum Gasteiger partial charge on any atom is 0.307 e. The van der Waals surface area contributed by atoms with E-state index in [2.05, 4.69) is 0 Å². The van der Waals surface area contributed by atoms with Gasteiger partial charge in [-0.05, 0) is 24.3 Å². The molecule has 0 saturated carbocycles. The maximum absolute atomic E-state index is 12.2. The van der Waals surface area contributed by atoms with Crippen LogP contribution in [0, 0.1) is 0 Å². The van der Waals surface area contributed by atoms with Gasteiger partial charge in [0, 0.05) is 24.0 Å². The number of aromatic hydroxyl groups is 2. The van der Waals surface area contributed by atoms with Gasteiger partial charge in [-0.25, -0.2) is 0 Å². The summed E-state index contributed by atoms with van der Waals surface area (Å²) in [5.74, 6) is -0.477. The summed E-state index contributed by atoms with van der Waals surface area (Å²) < 4.78 is 2.89. The molecule has 0 radical (unpaired) electrons. The van der Waals surface area contributed by atoms with E-state index >= 15 is 0 Å². The number of benzene rings is 1. The number of phenolic OH excluding ortho intramolecular Hbond substituents is 1. The second kappa shape index (κ2) is 3.54. The number of hydrogen-bond donors (Lipinski definition) is 2. The Morgan fingerprint density at radius 3 is 2.52 bits per heavy atom. The first kappa shape index (κ1) is 11.8. The third-order valence-corrected chi connectivity index (χ3v) is 3.87. The SMILES string of the molecule is Cn1ccc2c3n(c(=O)c(=O)c(O)c1-3)c1ccc(O)cc21. The van der Waals surface area contributed by atoms with Crippen LogP contribution in [-0.4, -0.2) is 19.2 Å². The van der Waals surface area contributed by atoms with Crippen LogP contribution in [0.3, 0.4) is 0 Å². The van der Waals surface area contributed by atoms with Crippen LogP contribution in [-0.2, 0) is 7.05 Å². The van der Waals surface area contributed by atoms with Crippen LogP contribution in [0.1, 0.15) is 0 Å². The van der Waals surface area contributed by atoms with Crippen molar-refractivity contribution in [2.45, 2.75) is 0 Å². The second-order valence-electron chi connectivity index (χ2n) is 5.06. The van der Waals surface area contributed by atoms with Crippen LogP contribution in [0.2, 0.25) is 0 Å². The van der Waals surface area contributed by atoms with Crippen LogP contribution in [0.4, 0.5) is 0 Å². The van der Waals surface area contributed by atoms with Crippen molar-refractivity contribution >= 4 is 16.3 Å². The molecule has 0 unspecified atom stereocenters. The van der Waals surface area contributed by atoms with Gasteiger partial charge in [-0.2, -0.15) is 0 Å². The molecular weight excluding hydrogens is 272 g/mol. The molecule has 2 N–H and O–H groups in total. The molecule has 2 aliphatic rings. The van der Waals surface area contributed by atoms with Crippen molar-refractivity contribution in [1.29, 1.82) is 0 Å². The normalized spacial score (nSPS) is 11.9. The summed E-state index contributed by atoms with van der Waals surface area (Å²) >= 11 is 0. The first-order chi connectivity index (χ1) is 10.0. The van der Waals surface area contributed by atoms with Crippen molar-refractivity contribution in [3.63, 3.8) is 0 Å². The highest BCUT2D eigenvalue weighted by Gasteiger charge is 2.25. The Morgan fingerprint density at radius 1 is 1.00 bits per heavy atom. The van der Waals surface area contributed by atoms with Gasteiger partial charge in [0.05, 0.1) is 11.2 Å². The molecule has 4 rings (SSSR count). The standard InChI is InChI=1S/C15H10N2O4/c1-16-5-4-8-9-6-7(18)2-3-10(9)17-11(8)12(16)13(19)14(20)15(17)21/h2-6,18-19H,1H3. The zero-order valence-corrected chi connectivity index (χ0v) is 11.0. The molecular formula is C15H10N2O4. The molecule has 6 heteroatoms. The van der Waals surface area contributed by atoms with E-state index in [1.54, 1.807) is 29.9 Å². The fourth-order valence-electron chi connectivity index (χ4n) is 2.93. The van der Waals surface area contributed by atoms with Gasteiger partial charge < -0.3 is 14.8 Å². The van der Waals surface area contributed by atoms with Crippen molar-refractivity contribution in [2.75, 3.05) is 0 Å². The molecule has 0 fully saturated rings. The number of aromatic nitrogens is 2. The number of pyridine rings is 2. The number of fused-ring (bicyclic) bond motifs is 3. The lowest BCUT2D eigenvalue weighted by Gasteiger charge is -2.13. The number of aryl methyl sites for hydroxylation is 1. The zero-order valence-electron chi connectivity index (χ0n) is 11.0. The summed E-state index contributed by atoms with van der Waals surface area (Å²) in [4.78, 5) is 24.2. The topological polar surface area (TPSA) is 83.9 Å². The molecule has 21 heavy (non-hydrogen) atoms. The summed E-state index contributed by atoms with van der Waals surface area (Å²) in [5.41, 5.74) is -0.426. The summed E-state index contributed by atoms with van der Waals surface area (Å²) in [7, 11) is 1.69. The summed E-state index contributed by atoms with van der Waals surface area (Å²) in [6, 6.07) is 6.37. The predicted molar refractivity (Wildman–Crippen MR) is 77.6 cm³/mol. The fraction of sp³-hybridized carbons (Fsp3) is 0.0667. The van der Waals surface area contributed by atoms with E-state index in [0.29, 0.717) is 27.7 Å². The van der Waals surface area contributed by atoms with Gasteiger partial charge in [0.1, 0.15) is 11.4 Å². The van der Waals surface area contributed by atoms with Gasteiger partial charge >= 0.3 is 5.56 Å². The predicted octanol–water partition coefficient (Wildman–Crippen LogP) is 1.11. The number of nitrogens with zero attached hydrogens (tertiary/aromatic N) is 2. The lowest BCUT2D eigenvalue weighted by molar-refractivity contribution is 0.465. The summed E-state index contributed by atoms with van der Waals surface area (Å²) in [5, 5.41) is 21.0. The van der Waals surface area contributed by atoms with Gasteiger partial charge in [0.15, 0.2) is 5.75 Å². The molecule has 0 saturated heterocycles. The van der Waals surface area contributed by atoms with Gasteiger partial charge in [-0.3, -0.25) is 14.0 Å². The number of hydrogen-bond acceptors (Lipinski definition) is 4. The molecule has 0 bridgehead atoms. The molecule has 0 spiro atoms. The van der Waals surface area contributed by atoms with E-state index in [0.717, 1.165) is 0 Å². The molecule has 1 aromatic heterocycles. The maximum atomic E-state index is 12.2. The van der Waals surface area contributed by atoms with Crippen molar-refractivity contribution in [3.05, 3.63) is 51.0 Å². The Hall–Kier alpha value is -3.02. The van der Waals surface area contributed by atoms with Crippen molar-refractivity contribution in [1.82, 2.24) is 8.97 Å². The fourth-order valence-corrected chi connectivity index (χ4v) is 2.93. The Labute approximate surface area is 117 Å². The van der Waals surface area contributed by atoms with Gasteiger partial charge in [0.25, 0.3) is 5.43 Å². The molecule has 2 aromatic rings. The van der Waals surface area contributed by atoms with Gasteiger partial charge in [-0.15, -0.1) is 0 Å². The van der Waals surface area contributed by atoms with Crippen molar-refractivity contribution in [2.24, 2.45) is 7.05 Å². The second-order valence-corrected chi connectivity index (χ2v) is 5.06. The van der Waals surface area contributed by atoms with Crippen LogP contribution < -0.4 is 11.0 Å². The van der Waals surface area contributed by atoms with E-state index in [9.17, 15) is 19.8 Å². The molecule has 1 aromatic carbocycles. The highest BCUT2D eigenvalue weighted by Crippen LogP contribution is 2.38. The van der Waals surface area contributed by atoms with Crippen molar-refractivity contribution < 1.29 is 10.2 Å². The van der Waals surface area contributed by atoms with E-state index in [1.807, 2.05) is 0 Å². The quantitative estimate of drug-likeness (QED) is 0.473. The average molecular weight is 282 g/mol. The lowest BCUT2D eigenvalue weighted by atomic mass is 10.1.